The van der Waals surface area contributed by atoms with Crippen molar-refractivity contribution in [1.29, 1.82) is 0 Å². The minimum Gasteiger partial charge on any atom is -0.493 e. The lowest BCUT2D eigenvalue weighted by atomic mass is 9.93. The molecule has 112 valence electrons. The van der Waals surface area contributed by atoms with Crippen LogP contribution < -0.4 is 10.1 Å². The summed E-state index contributed by atoms with van der Waals surface area (Å²) >= 11 is 0. The summed E-state index contributed by atoms with van der Waals surface area (Å²) in [5.74, 6) is 1.00. The van der Waals surface area contributed by atoms with Crippen LogP contribution in [0.1, 0.15) is 36.5 Å². The Morgan fingerprint density at radius 3 is 3.14 bits per heavy atom. The zero-order valence-electron chi connectivity index (χ0n) is 12.0. The topological polar surface area (TPSA) is 58.6 Å². The van der Waals surface area contributed by atoms with Gasteiger partial charge in [-0.25, -0.2) is 0 Å². The summed E-state index contributed by atoms with van der Waals surface area (Å²) in [6.07, 6.45) is 7.06. The third-order valence-electron chi connectivity index (χ3n) is 4.21. The molecule has 4 heteroatoms. The lowest BCUT2D eigenvalue weighted by molar-refractivity contribution is -0.125. The van der Waals surface area contributed by atoms with E-state index in [-0.39, 0.29) is 18.4 Å². The zero-order chi connectivity index (χ0) is 14.7. The number of aliphatic hydroxyl groups excluding tert-OH is 1. The molecule has 0 fully saturated rings. The van der Waals surface area contributed by atoms with Crippen LogP contribution in [-0.2, 0) is 11.2 Å². The Kier molecular flexibility index (Phi) is 4.25. The van der Waals surface area contributed by atoms with Crippen molar-refractivity contribution in [2.24, 2.45) is 5.92 Å². The molecule has 0 aromatic heterocycles. The van der Waals surface area contributed by atoms with Crippen molar-refractivity contribution in [2.45, 2.75) is 31.8 Å². The van der Waals surface area contributed by atoms with Crippen LogP contribution in [0.3, 0.4) is 0 Å². The molecule has 0 unspecified atom stereocenters. The second-order valence-corrected chi connectivity index (χ2v) is 5.71. The van der Waals surface area contributed by atoms with Crippen LogP contribution in [0.15, 0.2) is 30.4 Å². The summed E-state index contributed by atoms with van der Waals surface area (Å²) in [5.41, 5.74) is 1.97. The van der Waals surface area contributed by atoms with Gasteiger partial charge >= 0.3 is 0 Å². The van der Waals surface area contributed by atoms with Gasteiger partial charge in [0.15, 0.2) is 0 Å². The van der Waals surface area contributed by atoms with Crippen molar-refractivity contribution >= 4 is 5.91 Å². The molecule has 0 saturated carbocycles. The van der Waals surface area contributed by atoms with Crippen LogP contribution in [0.25, 0.3) is 0 Å². The fourth-order valence-corrected chi connectivity index (χ4v) is 2.90. The van der Waals surface area contributed by atoms with E-state index >= 15 is 0 Å². The van der Waals surface area contributed by atoms with Gasteiger partial charge in [0.25, 0.3) is 0 Å². The molecule has 1 aromatic rings. The van der Waals surface area contributed by atoms with Crippen molar-refractivity contribution < 1.29 is 14.6 Å². The number of allylic oxidation sites excluding steroid dienone is 2. The van der Waals surface area contributed by atoms with Gasteiger partial charge in [-0.05, 0) is 42.5 Å². The first-order valence-corrected chi connectivity index (χ1v) is 7.60. The van der Waals surface area contributed by atoms with Crippen molar-refractivity contribution in [2.75, 3.05) is 13.2 Å². The van der Waals surface area contributed by atoms with Gasteiger partial charge in [-0.2, -0.15) is 0 Å². The number of amides is 1. The van der Waals surface area contributed by atoms with E-state index in [1.54, 1.807) is 0 Å². The van der Waals surface area contributed by atoms with E-state index in [1.807, 2.05) is 18.2 Å². The highest BCUT2D eigenvalue weighted by Crippen LogP contribution is 2.28. The molecule has 1 aliphatic heterocycles. The first kappa shape index (κ1) is 14.1. The van der Waals surface area contributed by atoms with E-state index in [9.17, 15) is 9.90 Å². The van der Waals surface area contributed by atoms with E-state index in [0.29, 0.717) is 6.61 Å². The second kappa shape index (κ2) is 6.31. The molecule has 1 aliphatic carbocycles. The Balaban J connectivity index is 1.55. The summed E-state index contributed by atoms with van der Waals surface area (Å²) in [7, 11) is 0. The van der Waals surface area contributed by atoms with E-state index < -0.39 is 6.10 Å². The van der Waals surface area contributed by atoms with Crippen molar-refractivity contribution in [1.82, 2.24) is 5.32 Å². The molecule has 0 spiro atoms. The van der Waals surface area contributed by atoms with Crippen molar-refractivity contribution in [3.63, 3.8) is 0 Å². The van der Waals surface area contributed by atoms with Gasteiger partial charge in [-0.1, -0.05) is 18.2 Å². The average molecular weight is 287 g/mol. The fraction of sp³-hybridized carbons (Fsp3) is 0.471. The Morgan fingerprint density at radius 2 is 2.33 bits per heavy atom. The van der Waals surface area contributed by atoms with Crippen LogP contribution in [0, 0.1) is 5.92 Å². The molecule has 2 N–H and O–H groups in total. The fourth-order valence-electron chi connectivity index (χ4n) is 2.90. The van der Waals surface area contributed by atoms with Crippen LogP contribution in [0.2, 0.25) is 0 Å². The van der Waals surface area contributed by atoms with Crippen LogP contribution in [-0.4, -0.2) is 24.2 Å². The Labute approximate surface area is 124 Å². The molecule has 1 heterocycles. The molecule has 0 bridgehead atoms. The minimum atomic E-state index is -0.668. The molecular formula is C17H21NO3. The number of ether oxygens (including phenoxy) is 1. The van der Waals surface area contributed by atoms with Crippen molar-refractivity contribution in [3.8, 4) is 5.75 Å². The van der Waals surface area contributed by atoms with Crippen LogP contribution in [0.4, 0.5) is 0 Å². The summed E-state index contributed by atoms with van der Waals surface area (Å²) in [4.78, 5) is 12.0. The first-order valence-electron chi connectivity index (χ1n) is 7.60. The van der Waals surface area contributed by atoms with E-state index in [0.717, 1.165) is 42.6 Å². The molecule has 2 aliphatic rings. The molecule has 1 amide bonds. The third kappa shape index (κ3) is 3.27. The summed E-state index contributed by atoms with van der Waals surface area (Å²) < 4.78 is 5.45. The molecule has 1 aromatic carbocycles. The number of fused-ring (bicyclic) bond motifs is 1. The third-order valence-corrected chi connectivity index (χ3v) is 4.21. The molecule has 21 heavy (non-hydrogen) atoms. The number of carbonyl (C=O) groups is 1. The van der Waals surface area contributed by atoms with Gasteiger partial charge in [0.2, 0.25) is 5.91 Å². The Bertz CT molecular complexity index is 553. The maximum Gasteiger partial charge on any atom is 0.223 e. The molecule has 2 atom stereocenters. The first-order chi connectivity index (χ1) is 10.2. The van der Waals surface area contributed by atoms with Gasteiger partial charge < -0.3 is 15.2 Å². The van der Waals surface area contributed by atoms with Gasteiger partial charge in [0.1, 0.15) is 5.75 Å². The average Bonchev–Trinajstić information content (AvgIpc) is 3.00. The highest BCUT2D eigenvalue weighted by atomic mass is 16.5. The van der Waals surface area contributed by atoms with E-state index in [2.05, 4.69) is 17.5 Å². The number of rotatable bonds is 4. The summed E-state index contributed by atoms with van der Waals surface area (Å²) in [5, 5.41) is 13.1. The van der Waals surface area contributed by atoms with Gasteiger partial charge in [-0.15, -0.1) is 0 Å². The second-order valence-electron chi connectivity index (χ2n) is 5.71. The highest BCUT2D eigenvalue weighted by Gasteiger charge is 2.20. The van der Waals surface area contributed by atoms with E-state index in [4.69, 9.17) is 4.74 Å². The number of carbonyl (C=O) groups excluding carboxylic acids is 1. The molecular weight excluding hydrogens is 266 g/mol. The largest absolute Gasteiger partial charge is 0.493 e. The zero-order valence-corrected chi connectivity index (χ0v) is 12.0. The van der Waals surface area contributed by atoms with Crippen LogP contribution >= 0.6 is 0 Å². The minimum absolute atomic E-state index is 0.0443. The normalized spacial score (nSPS) is 21.5. The molecule has 0 radical (unpaired) electrons. The molecule has 3 rings (SSSR count). The predicted molar refractivity (Wildman–Crippen MR) is 80.1 cm³/mol. The number of aliphatic hydroxyl groups is 1. The van der Waals surface area contributed by atoms with Gasteiger partial charge in [0, 0.05) is 18.9 Å². The monoisotopic (exact) mass is 287 g/mol. The smallest absolute Gasteiger partial charge is 0.223 e. The Morgan fingerprint density at radius 1 is 1.43 bits per heavy atom. The number of hydrogen-bond donors (Lipinski definition) is 2. The lowest BCUT2D eigenvalue weighted by Gasteiger charge is -2.19. The van der Waals surface area contributed by atoms with Crippen LogP contribution in [0.5, 0.6) is 5.75 Å². The van der Waals surface area contributed by atoms with Gasteiger partial charge in [-0.3, -0.25) is 4.79 Å². The van der Waals surface area contributed by atoms with Gasteiger partial charge in [0.05, 0.1) is 12.7 Å². The molecule has 0 saturated heterocycles. The summed E-state index contributed by atoms with van der Waals surface area (Å²) in [6, 6.07) is 5.74. The molecule has 4 nitrogen and oxygen atoms in total. The number of hydrogen-bond acceptors (Lipinski definition) is 3. The quantitative estimate of drug-likeness (QED) is 0.834. The number of benzene rings is 1. The maximum atomic E-state index is 12.0. The highest BCUT2D eigenvalue weighted by molar-refractivity contribution is 5.79. The van der Waals surface area contributed by atoms with Crippen molar-refractivity contribution in [3.05, 3.63) is 41.5 Å². The van der Waals surface area contributed by atoms with E-state index in [1.165, 1.54) is 0 Å². The Hall–Kier alpha value is -1.81. The standard InChI is InChI=1S/C17H21NO3/c19-15(11-18-17(20)12-4-2-1-3-5-12)13-6-7-16-14(10-13)8-9-21-16/h1-2,6-7,10,12,15,19H,3-5,8-9,11H2,(H,18,20)/t12-,15-/m0/s1. The SMILES string of the molecule is O=C(NC[C@H](O)c1ccc2c(c1)CCO2)[C@H]1CC=CCC1. The lowest BCUT2D eigenvalue weighted by Crippen LogP contribution is -2.34. The number of nitrogens with one attached hydrogen (secondary N) is 1. The maximum absolute atomic E-state index is 12.0. The summed E-state index contributed by atoms with van der Waals surface area (Å²) in [6.45, 7) is 0.972. The predicted octanol–water partition coefficient (Wildman–Crippen LogP) is 2.13.